The fourth-order valence-corrected chi connectivity index (χ4v) is 4.13. The van der Waals surface area contributed by atoms with Crippen LogP contribution in [0.4, 0.5) is 10.2 Å². The summed E-state index contributed by atoms with van der Waals surface area (Å²) >= 11 is 0. The lowest BCUT2D eigenvalue weighted by Crippen LogP contribution is -2.36. The molecule has 2 N–H and O–H groups in total. The van der Waals surface area contributed by atoms with Crippen LogP contribution in [-0.4, -0.2) is 46.1 Å². The number of amides is 1. The first-order valence-electron chi connectivity index (χ1n) is 11.8. The van der Waals surface area contributed by atoms with Crippen LogP contribution in [0.15, 0.2) is 37.2 Å². The van der Waals surface area contributed by atoms with Gasteiger partial charge in [0.25, 0.3) is 5.91 Å². The smallest absolute Gasteiger partial charge is 0.271 e. The Morgan fingerprint density at radius 2 is 1.89 bits per heavy atom. The molecule has 1 aliphatic rings. The summed E-state index contributed by atoms with van der Waals surface area (Å²) in [5, 5.41) is 20.3. The van der Waals surface area contributed by atoms with Crippen molar-refractivity contribution in [3.05, 3.63) is 59.8 Å². The first-order valence-corrected chi connectivity index (χ1v) is 11.8. The number of hydrogen-bond acceptors (Lipinski definition) is 9. The molecule has 1 unspecified atom stereocenters. The zero-order valence-corrected chi connectivity index (χ0v) is 20.8. The van der Waals surface area contributed by atoms with Crippen molar-refractivity contribution in [3.8, 4) is 11.9 Å². The first kappa shape index (κ1) is 24.2. The van der Waals surface area contributed by atoms with Crippen LogP contribution in [0.5, 0.6) is 0 Å². The molecule has 12 heteroatoms. The summed E-state index contributed by atoms with van der Waals surface area (Å²) in [6, 6.07) is 6.93. The van der Waals surface area contributed by atoms with Crippen LogP contribution in [0.2, 0.25) is 0 Å². The van der Waals surface area contributed by atoms with E-state index < -0.39 is 23.2 Å². The Morgan fingerprint density at radius 3 is 2.59 bits per heavy atom. The highest BCUT2D eigenvalue weighted by Gasteiger charge is 2.45. The lowest BCUT2D eigenvalue weighted by Gasteiger charge is -2.20. The number of nitriles is 1. The fraction of sp³-hybridized carbons (Fsp3) is 0.360. The van der Waals surface area contributed by atoms with E-state index in [-0.39, 0.29) is 5.69 Å². The van der Waals surface area contributed by atoms with Crippen LogP contribution in [-0.2, 0) is 5.67 Å². The van der Waals surface area contributed by atoms with Gasteiger partial charge in [-0.05, 0) is 52.2 Å². The first-order chi connectivity index (χ1) is 17.6. The van der Waals surface area contributed by atoms with E-state index in [2.05, 4.69) is 46.7 Å². The highest BCUT2D eigenvalue weighted by atomic mass is 19.1. The molecule has 0 bridgehead atoms. The van der Waals surface area contributed by atoms with Crippen molar-refractivity contribution in [2.45, 2.75) is 57.8 Å². The maximum absolute atomic E-state index is 14.9. The van der Waals surface area contributed by atoms with E-state index in [4.69, 9.17) is 0 Å². The number of anilines is 1. The highest BCUT2D eigenvalue weighted by molar-refractivity contribution is 5.94. The second-order valence-corrected chi connectivity index (χ2v) is 9.71. The third-order valence-corrected chi connectivity index (χ3v) is 6.26. The molecule has 1 saturated carbocycles. The largest absolute Gasteiger partial charge is 0.360 e. The number of aryl methyl sites for hydroxylation is 1. The Kier molecular flexibility index (Phi) is 5.78. The molecule has 1 fully saturated rings. The Labute approximate surface area is 212 Å². The minimum atomic E-state index is -1.58. The lowest BCUT2D eigenvalue weighted by molar-refractivity contribution is 0.0936. The minimum absolute atomic E-state index is 0.118. The molecule has 1 aromatic carbocycles. The van der Waals surface area contributed by atoms with Gasteiger partial charge in [0.15, 0.2) is 11.6 Å². The Bertz CT molecular complexity index is 1550. The predicted octanol–water partition coefficient (Wildman–Crippen LogP) is 3.47. The zero-order valence-electron chi connectivity index (χ0n) is 20.8. The molecule has 0 radical (unpaired) electrons. The van der Waals surface area contributed by atoms with Gasteiger partial charge in [-0.3, -0.25) is 4.79 Å². The number of alkyl halides is 1. The van der Waals surface area contributed by atoms with Gasteiger partial charge in [0.1, 0.15) is 41.7 Å². The van der Waals surface area contributed by atoms with Crippen LogP contribution in [0.1, 0.15) is 67.1 Å². The van der Waals surface area contributed by atoms with Gasteiger partial charge in [0.2, 0.25) is 0 Å². The van der Waals surface area contributed by atoms with E-state index in [0.717, 1.165) is 5.56 Å². The Morgan fingerprint density at radius 1 is 1.14 bits per heavy atom. The standard InChI is InChI=1S/C25H25FN10O/c1-14-7-16-20(17(8-14)24(3,4)26)30-12-31-21(16)34-15(2)22-32-13-33-36(22)19-9-18(28-11-29-19)23(37)35-25(10-27)5-6-25/h7-9,11-13,15H,5-6H2,1-4H3,(H,35,37)(H,30,31,34). The monoisotopic (exact) mass is 500 g/mol. The van der Waals surface area contributed by atoms with Crippen molar-refractivity contribution in [2.75, 3.05) is 5.32 Å². The quantitative estimate of drug-likeness (QED) is 0.389. The summed E-state index contributed by atoms with van der Waals surface area (Å²) in [5.41, 5.74) is -0.369. The molecule has 3 heterocycles. The van der Waals surface area contributed by atoms with Crippen molar-refractivity contribution in [1.82, 2.24) is 40.0 Å². The SMILES string of the molecule is Cc1cc(C(C)(C)F)c2ncnc(NC(C)c3ncnn3-c3cc(C(=O)NC4(C#N)CC4)ncn3)c2c1. The number of halogens is 1. The topological polar surface area (TPSA) is 147 Å². The summed E-state index contributed by atoms with van der Waals surface area (Å²) < 4.78 is 16.4. The third kappa shape index (κ3) is 4.67. The van der Waals surface area contributed by atoms with Crippen LogP contribution in [0, 0.1) is 18.3 Å². The summed E-state index contributed by atoms with van der Waals surface area (Å²) in [7, 11) is 0. The van der Waals surface area contributed by atoms with Crippen molar-refractivity contribution >= 4 is 22.6 Å². The van der Waals surface area contributed by atoms with E-state index in [0.29, 0.717) is 46.8 Å². The molecular formula is C25H25FN10O. The second kappa shape index (κ2) is 8.85. The second-order valence-electron chi connectivity index (χ2n) is 9.71. The third-order valence-electron chi connectivity index (χ3n) is 6.26. The van der Waals surface area contributed by atoms with E-state index >= 15 is 0 Å². The van der Waals surface area contributed by atoms with Gasteiger partial charge in [-0.2, -0.15) is 15.0 Å². The number of hydrogen-bond donors (Lipinski definition) is 2. The molecule has 0 saturated heterocycles. The molecule has 0 aliphatic heterocycles. The van der Waals surface area contributed by atoms with Crippen LogP contribution in [0.25, 0.3) is 16.7 Å². The molecule has 1 amide bonds. The fourth-order valence-electron chi connectivity index (χ4n) is 4.13. The van der Waals surface area contributed by atoms with Gasteiger partial charge in [-0.25, -0.2) is 29.3 Å². The highest BCUT2D eigenvalue weighted by Crippen LogP contribution is 2.35. The predicted molar refractivity (Wildman–Crippen MR) is 132 cm³/mol. The van der Waals surface area contributed by atoms with Crippen LogP contribution in [0.3, 0.4) is 0 Å². The summed E-state index contributed by atoms with van der Waals surface area (Å²) in [4.78, 5) is 34.1. The average Bonchev–Trinajstić information content (AvgIpc) is 3.46. The van der Waals surface area contributed by atoms with E-state index in [9.17, 15) is 14.4 Å². The van der Waals surface area contributed by atoms with Crippen LogP contribution < -0.4 is 10.6 Å². The summed E-state index contributed by atoms with van der Waals surface area (Å²) in [6.07, 6.45) is 5.28. The average molecular weight is 501 g/mol. The number of rotatable bonds is 7. The van der Waals surface area contributed by atoms with Gasteiger partial charge >= 0.3 is 0 Å². The lowest BCUT2D eigenvalue weighted by atomic mass is 9.95. The van der Waals surface area contributed by atoms with Crippen molar-refractivity contribution < 1.29 is 9.18 Å². The Balaban J connectivity index is 1.45. The molecule has 1 atom stereocenters. The van der Waals surface area contributed by atoms with Gasteiger partial charge in [-0.1, -0.05) is 6.07 Å². The molecule has 37 heavy (non-hydrogen) atoms. The molecule has 3 aromatic heterocycles. The molecule has 0 spiro atoms. The molecule has 1 aliphatic carbocycles. The van der Waals surface area contributed by atoms with Crippen molar-refractivity contribution in [1.29, 1.82) is 5.26 Å². The van der Waals surface area contributed by atoms with E-state index in [1.54, 1.807) is 6.07 Å². The maximum Gasteiger partial charge on any atom is 0.271 e. The molecular weight excluding hydrogens is 475 g/mol. The zero-order chi connectivity index (χ0) is 26.4. The molecule has 4 aromatic rings. The van der Waals surface area contributed by atoms with Gasteiger partial charge in [0.05, 0.1) is 17.6 Å². The number of benzene rings is 1. The molecule has 188 valence electrons. The van der Waals surface area contributed by atoms with E-state index in [1.807, 2.05) is 19.9 Å². The summed E-state index contributed by atoms with van der Waals surface area (Å²) in [6.45, 7) is 6.78. The van der Waals surface area contributed by atoms with Gasteiger partial charge in [-0.15, -0.1) is 0 Å². The number of aromatic nitrogens is 7. The van der Waals surface area contributed by atoms with Crippen molar-refractivity contribution in [3.63, 3.8) is 0 Å². The normalized spacial score (nSPS) is 15.1. The van der Waals surface area contributed by atoms with Crippen molar-refractivity contribution in [2.24, 2.45) is 0 Å². The number of nitrogens with zero attached hydrogens (tertiary/aromatic N) is 8. The van der Waals surface area contributed by atoms with Gasteiger partial charge < -0.3 is 10.6 Å². The van der Waals surface area contributed by atoms with Crippen LogP contribution >= 0.6 is 0 Å². The number of carbonyl (C=O) groups is 1. The summed E-state index contributed by atoms with van der Waals surface area (Å²) in [5.74, 6) is 0.916. The van der Waals surface area contributed by atoms with E-state index in [1.165, 1.54) is 43.6 Å². The Hall–Kier alpha value is -4.53. The molecule has 11 nitrogen and oxygen atoms in total. The number of fused-ring (bicyclic) bond motifs is 1. The molecule has 5 rings (SSSR count). The number of nitrogens with one attached hydrogen (secondary N) is 2. The van der Waals surface area contributed by atoms with Gasteiger partial charge in [0, 0.05) is 17.0 Å². The number of carbonyl (C=O) groups excluding carboxylic acids is 1. The maximum atomic E-state index is 14.9. The minimum Gasteiger partial charge on any atom is -0.360 e.